The zero-order valence-corrected chi connectivity index (χ0v) is 14.9. The van der Waals surface area contributed by atoms with Crippen LogP contribution >= 0.6 is 0 Å². The van der Waals surface area contributed by atoms with Crippen LogP contribution in [0.1, 0.15) is 23.1 Å². The molecule has 9 heteroatoms. The third kappa shape index (κ3) is 5.28. The molecular formula is C16H25N5O4. The summed E-state index contributed by atoms with van der Waals surface area (Å²) >= 11 is 0. The van der Waals surface area contributed by atoms with Crippen molar-refractivity contribution in [1.29, 1.82) is 0 Å². The van der Waals surface area contributed by atoms with E-state index in [1.54, 1.807) is 25.0 Å². The summed E-state index contributed by atoms with van der Waals surface area (Å²) < 4.78 is 9.93. The molecule has 1 saturated heterocycles. The first-order valence-corrected chi connectivity index (χ1v) is 8.34. The Bertz CT molecular complexity index is 602. The van der Waals surface area contributed by atoms with Gasteiger partial charge in [0.1, 0.15) is 5.69 Å². The van der Waals surface area contributed by atoms with Gasteiger partial charge in [-0.3, -0.25) is 4.79 Å². The Morgan fingerprint density at radius 3 is 2.60 bits per heavy atom. The molecule has 9 nitrogen and oxygen atoms in total. The molecule has 0 aliphatic carbocycles. The summed E-state index contributed by atoms with van der Waals surface area (Å²) in [6.45, 7) is 7.09. The van der Waals surface area contributed by atoms with Crippen LogP contribution in [-0.4, -0.2) is 79.9 Å². The standard InChI is InChI=1S/C16H25N5O4/c1-4-25-16(23)21-8-6-20(7-9-21)15-18-12(2)11-13(19-15)14(22)17-5-10-24-3/h11H,4-10H2,1-3H3,(H,17,22). The molecule has 0 bridgehead atoms. The van der Waals surface area contributed by atoms with Crippen molar-refractivity contribution >= 4 is 17.9 Å². The van der Waals surface area contributed by atoms with E-state index in [0.29, 0.717) is 57.6 Å². The number of aromatic nitrogens is 2. The predicted octanol–water partition coefficient (Wildman–Crippen LogP) is 0.440. The molecule has 0 radical (unpaired) electrons. The summed E-state index contributed by atoms with van der Waals surface area (Å²) in [7, 11) is 1.58. The Kier molecular flexibility index (Phi) is 6.93. The smallest absolute Gasteiger partial charge is 0.409 e. The second kappa shape index (κ2) is 9.16. The lowest BCUT2D eigenvalue weighted by molar-refractivity contribution is 0.0932. The van der Waals surface area contributed by atoms with E-state index in [-0.39, 0.29) is 12.0 Å². The highest BCUT2D eigenvalue weighted by molar-refractivity contribution is 5.92. The van der Waals surface area contributed by atoms with Gasteiger partial charge in [-0.1, -0.05) is 0 Å². The van der Waals surface area contributed by atoms with Crippen molar-refractivity contribution in [2.24, 2.45) is 0 Å². The van der Waals surface area contributed by atoms with Gasteiger partial charge in [0.25, 0.3) is 5.91 Å². The van der Waals surface area contributed by atoms with Crippen molar-refractivity contribution in [1.82, 2.24) is 20.2 Å². The summed E-state index contributed by atoms with van der Waals surface area (Å²) in [5.41, 5.74) is 1.04. The molecule has 1 aliphatic heterocycles. The number of aryl methyl sites for hydroxylation is 1. The van der Waals surface area contributed by atoms with Crippen LogP contribution < -0.4 is 10.2 Å². The maximum absolute atomic E-state index is 12.2. The molecule has 2 rings (SSSR count). The van der Waals surface area contributed by atoms with Crippen molar-refractivity contribution in [2.45, 2.75) is 13.8 Å². The molecule has 2 heterocycles. The van der Waals surface area contributed by atoms with E-state index in [1.807, 2.05) is 11.8 Å². The number of rotatable bonds is 6. The molecule has 0 atom stereocenters. The van der Waals surface area contributed by atoms with Crippen LogP contribution in [0.15, 0.2) is 6.07 Å². The number of anilines is 1. The number of hydrogen-bond acceptors (Lipinski definition) is 7. The van der Waals surface area contributed by atoms with E-state index in [0.717, 1.165) is 5.69 Å². The molecule has 0 aromatic carbocycles. The van der Waals surface area contributed by atoms with Crippen LogP contribution in [0, 0.1) is 6.92 Å². The molecule has 138 valence electrons. The van der Waals surface area contributed by atoms with Gasteiger partial charge in [0.15, 0.2) is 0 Å². The Labute approximate surface area is 147 Å². The normalized spacial score (nSPS) is 14.4. The molecular weight excluding hydrogens is 326 g/mol. The fraction of sp³-hybridized carbons (Fsp3) is 0.625. The Morgan fingerprint density at radius 2 is 1.96 bits per heavy atom. The summed E-state index contributed by atoms with van der Waals surface area (Å²) in [4.78, 5) is 36.3. The summed E-state index contributed by atoms with van der Waals surface area (Å²) in [5.74, 6) is 0.245. The molecule has 0 unspecified atom stereocenters. The molecule has 1 fully saturated rings. The molecule has 0 saturated carbocycles. The van der Waals surface area contributed by atoms with Crippen LogP contribution in [0.2, 0.25) is 0 Å². The highest BCUT2D eigenvalue weighted by atomic mass is 16.6. The summed E-state index contributed by atoms with van der Waals surface area (Å²) in [6, 6.07) is 1.65. The van der Waals surface area contributed by atoms with Gasteiger partial charge in [0.2, 0.25) is 5.95 Å². The Balaban J connectivity index is 2.00. The fourth-order valence-electron chi connectivity index (χ4n) is 2.47. The maximum atomic E-state index is 12.2. The number of carbonyl (C=O) groups excluding carboxylic acids is 2. The first-order valence-electron chi connectivity index (χ1n) is 8.34. The van der Waals surface area contributed by atoms with Gasteiger partial charge in [0.05, 0.1) is 13.2 Å². The summed E-state index contributed by atoms with van der Waals surface area (Å²) in [5, 5.41) is 2.75. The van der Waals surface area contributed by atoms with Crippen molar-refractivity contribution in [2.75, 3.05) is 57.9 Å². The van der Waals surface area contributed by atoms with Gasteiger partial charge in [-0.05, 0) is 19.9 Å². The predicted molar refractivity (Wildman–Crippen MR) is 91.8 cm³/mol. The zero-order chi connectivity index (χ0) is 18.2. The van der Waals surface area contributed by atoms with Crippen molar-refractivity contribution in [3.8, 4) is 0 Å². The lowest BCUT2D eigenvalue weighted by atomic mass is 10.3. The van der Waals surface area contributed by atoms with E-state index in [2.05, 4.69) is 15.3 Å². The van der Waals surface area contributed by atoms with Gasteiger partial charge >= 0.3 is 6.09 Å². The molecule has 0 spiro atoms. The minimum Gasteiger partial charge on any atom is -0.450 e. The molecule has 1 aliphatic rings. The van der Waals surface area contributed by atoms with E-state index >= 15 is 0 Å². The van der Waals surface area contributed by atoms with E-state index in [4.69, 9.17) is 9.47 Å². The Morgan fingerprint density at radius 1 is 1.24 bits per heavy atom. The second-order valence-corrected chi connectivity index (χ2v) is 5.62. The van der Waals surface area contributed by atoms with Gasteiger partial charge in [-0.25, -0.2) is 14.8 Å². The molecule has 25 heavy (non-hydrogen) atoms. The highest BCUT2D eigenvalue weighted by Crippen LogP contribution is 2.14. The van der Waals surface area contributed by atoms with Crippen LogP contribution in [0.4, 0.5) is 10.7 Å². The molecule has 1 aromatic heterocycles. The number of ether oxygens (including phenoxy) is 2. The monoisotopic (exact) mass is 351 g/mol. The third-order valence-electron chi connectivity index (χ3n) is 3.76. The van der Waals surface area contributed by atoms with Gasteiger partial charge in [-0.2, -0.15) is 0 Å². The number of amides is 2. The minimum absolute atomic E-state index is 0.256. The minimum atomic E-state index is -0.300. The number of carbonyl (C=O) groups is 2. The number of methoxy groups -OCH3 is 1. The van der Waals surface area contributed by atoms with Crippen LogP contribution in [0.25, 0.3) is 0 Å². The van der Waals surface area contributed by atoms with Gasteiger partial charge < -0.3 is 24.6 Å². The first kappa shape index (κ1) is 18.9. The topological polar surface area (TPSA) is 96.9 Å². The third-order valence-corrected chi connectivity index (χ3v) is 3.76. The average Bonchev–Trinajstić information content (AvgIpc) is 2.61. The van der Waals surface area contributed by atoms with Crippen LogP contribution in [-0.2, 0) is 9.47 Å². The van der Waals surface area contributed by atoms with Gasteiger partial charge in [-0.15, -0.1) is 0 Å². The van der Waals surface area contributed by atoms with Crippen LogP contribution in [0.3, 0.4) is 0 Å². The van der Waals surface area contributed by atoms with Crippen molar-refractivity contribution < 1.29 is 19.1 Å². The fourth-order valence-corrected chi connectivity index (χ4v) is 2.47. The largest absolute Gasteiger partial charge is 0.450 e. The summed E-state index contributed by atoms with van der Waals surface area (Å²) in [6.07, 6.45) is -0.300. The average molecular weight is 351 g/mol. The number of piperazine rings is 1. The number of nitrogens with one attached hydrogen (secondary N) is 1. The van der Waals surface area contributed by atoms with E-state index in [9.17, 15) is 9.59 Å². The quantitative estimate of drug-likeness (QED) is 0.743. The number of hydrogen-bond donors (Lipinski definition) is 1. The second-order valence-electron chi connectivity index (χ2n) is 5.62. The van der Waals surface area contributed by atoms with E-state index in [1.165, 1.54) is 0 Å². The molecule has 1 N–H and O–H groups in total. The zero-order valence-electron chi connectivity index (χ0n) is 14.9. The van der Waals surface area contributed by atoms with Crippen molar-refractivity contribution in [3.05, 3.63) is 17.5 Å². The molecule has 2 amide bonds. The maximum Gasteiger partial charge on any atom is 0.409 e. The Hall–Kier alpha value is -2.42. The van der Waals surface area contributed by atoms with Crippen LogP contribution in [0.5, 0.6) is 0 Å². The first-order chi connectivity index (χ1) is 12.0. The SMILES string of the molecule is CCOC(=O)N1CCN(c2nc(C)cc(C(=O)NCCOC)n2)CC1. The van der Waals surface area contributed by atoms with E-state index < -0.39 is 0 Å². The number of nitrogens with zero attached hydrogens (tertiary/aromatic N) is 4. The lowest BCUT2D eigenvalue weighted by Gasteiger charge is -2.34. The highest BCUT2D eigenvalue weighted by Gasteiger charge is 2.24. The van der Waals surface area contributed by atoms with Gasteiger partial charge in [0, 0.05) is 45.5 Å². The molecule has 1 aromatic rings. The van der Waals surface area contributed by atoms with Crippen molar-refractivity contribution in [3.63, 3.8) is 0 Å². The lowest BCUT2D eigenvalue weighted by Crippen LogP contribution is -2.49.